The zero-order chi connectivity index (χ0) is 27.9. The molecule has 198 valence electrons. The molecule has 11 nitrogen and oxygen atoms in total. The lowest BCUT2D eigenvalue weighted by atomic mass is 9.85. The Balaban J connectivity index is 1.56. The van der Waals surface area contributed by atoms with E-state index >= 15 is 0 Å². The smallest absolute Gasteiger partial charge is 0.269 e. The summed E-state index contributed by atoms with van der Waals surface area (Å²) in [4.78, 5) is 36.4. The van der Waals surface area contributed by atoms with Crippen molar-refractivity contribution in [3.8, 4) is 11.8 Å². The highest BCUT2D eigenvalue weighted by molar-refractivity contribution is 8.03. The van der Waals surface area contributed by atoms with Crippen molar-refractivity contribution in [3.63, 3.8) is 0 Å². The van der Waals surface area contributed by atoms with Gasteiger partial charge in [-0.15, -0.1) is 0 Å². The Morgan fingerprint density at radius 1 is 1.15 bits per heavy atom. The number of nitro groups is 1. The van der Waals surface area contributed by atoms with Crippen LogP contribution in [0.2, 0.25) is 0 Å². The first-order chi connectivity index (χ1) is 18.8. The summed E-state index contributed by atoms with van der Waals surface area (Å²) in [7, 11) is 1.50. The number of carbonyl (C=O) groups excluding carboxylic acids is 2. The summed E-state index contributed by atoms with van der Waals surface area (Å²) in [6.45, 7) is 1.71. The minimum Gasteiger partial charge on any atom is -0.495 e. The molecule has 0 aliphatic carbocycles. The van der Waals surface area contributed by atoms with Crippen molar-refractivity contribution in [2.24, 2.45) is 0 Å². The second-order valence-electron chi connectivity index (χ2n) is 8.26. The number of ether oxygens (including phenoxy) is 1. The third-order valence-electron chi connectivity index (χ3n) is 5.78. The molecule has 12 heteroatoms. The van der Waals surface area contributed by atoms with Gasteiger partial charge in [-0.3, -0.25) is 19.7 Å². The van der Waals surface area contributed by atoms with Crippen LogP contribution >= 0.6 is 11.8 Å². The van der Waals surface area contributed by atoms with E-state index in [1.54, 1.807) is 43.3 Å². The molecule has 39 heavy (non-hydrogen) atoms. The van der Waals surface area contributed by atoms with Crippen molar-refractivity contribution < 1.29 is 23.7 Å². The van der Waals surface area contributed by atoms with E-state index in [2.05, 4.69) is 22.0 Å². The second-order valence-corrected chi connectivity index (χ2v) is 9.25. The first-order valence-corrected chi connectivity index (χ1v) is 12.6. The molecule has 0 bridgehead atoms. The minimum atomic E-state index is -0.818. The van der Waals surface area contributed by atoms with E-state index in [-0.39, 0.29) is 28.5 Å². The van der Waals surface area contributed by atoms with Crippen LogP contribution in [0.4, 0.5) is 17.1 Å². The highest BCUT2D eigenvalue weighted by Gasteiger charge is 2.36. The third kappa shape index (κ3) is 6.11. The number of thioether (sulfide) groups is 1. The number of hydrogen-bond donors (Lipinski definition) is 3. The lowest BCUT2D eigenvalue weighted by molar-refractivity contribution is -0.384. The number of allylic oxidation sites excluding steroid dienone is 2. The van der Waals surface area contributed by atoms with Crippen LogP contribution in [-0.4, -0.2) is 29.6 Å². The van der Waals surface area contributed by atoms with Gasteiger partial charge in [-0.05, 0) is 43.3 Å². The number of anilines is 2. The Morgan fingerprint density at radius 3 is 2.54 bits per heavy atom. The largest absolute Gasteiger partial charge is 0.495 e. The molecule has 0 saturated carbocycles. The number of para-hydroxylation sites is 2. The van der Waals surface area contributed by atoms with Crippen LogP contribution < -0.4 is 20.7 Å². The zero-order valence-corrected chi connectivity index (χ0v) is 21.7. The van der Waals surface area contributed by atoms with E-state index < -0.39 is 16.7 Å². The van der Waals surface area contributed by atoms with Crippen molar-refractivity contribution in [2.75, 3.05) is 23.5 Å². The maximum absolute atomic E-state index is 13.5. The van der Waals surface area contributed by atoms with Crippen molar-refractivity contribution in [3.05, 3.63) is 105 Å². The van der Waals surface area contributed by atoms with Gasteiger partial charge in [0.2, 0.25) is 5.91 Å². The maximum Gasteiger partial charge on any atom is 0.269 e. The molecule has 0 fully saturated rings. The Bertz CT molecular complexity index is 1510. The molecule has 0 saturated heterocycles. The van der Waals surface area contributed by atoms with Gasteiger partial charge in [0.1, 0.15) is 11.5 Å². The molecule has 2 heterocycles. The molecule has 2 amide bonds. The van der Waals surface area contributed by atoms with E-state index in [0.29, 0.717) is 33.6 Å². The zero-order valence-electron chi connectivity index (χ0n) is 20.9. The molecule has 1 aliphatic rings. The van der Waals surface area contributed by atoms with Gasteiger partial charge < -0.3 is 25.1 Å². The standard InChI is InChI=1S/C27H23N5O6S/c1-16-24(26(34)31-20-6-3-4-7-21(20)37-2)25(22-8-5-13-38-22)19(14-28)27(29-16)39-15-23(33)30-17-9-11-18(12-10-17)32(35)36/h3-13,25,29H,15H2,1-2H3,(H,30,33)(H,31,34)/t25-/m0/s1. The first-order valence-electron chi connectivity index (χ1n) is 11.6. The minimum absolute atomic E-state index is 0.0641. The highest BCUT2D eigenvalue weighted by atomic mass is 32.2. The van der Waals surface area contributed by atoms with Crippen molar-refractivity contribution >= 4 is 40.6 Å². The Kier molecular flexibility index (Phi) is 8.33. The summed E-state index contributed by atoms with van der Waals surface area (Å²) in [6, 6.07) is 18.0. The first kappa shape index (κ1) is 27.0. The van der Waals surface area contributed by atoms with Crippen molar-refractivity contribution in [2.45, 2.75) is 12.8 Å². The number of dihydropyridines is 1. The quantitative estimate of drug-likeness (QED) is 0.251. The lowest BCUT2D eigenvalue weighted by Crippen LogP contribution is -2.31. The SMILES string of the molecule is COc1ccccc1NC(=O)C1=C(C)NC(SCC(=O)Nc2ccc([N+](=O)[O-])cc2)=C(C#N)[C@H]1c1ccco1. The Morgan fingerprint density at radius 2 is 1.90 bits per heavy atom. The summed E-state index contributed by atoms with van der Waals surface area (Å²) < 4.78 is 11.0. The van der Waals surface area contributed by atoms with E-state index in [1.165, 1.54) is 37.6 Å². The fourth-order valence-corrected chi connectivity index (χ4v) is 4.90. The van der Waals surface area contributed by atoms with Crippen LogP contribution in [0, 0.1) is 21.4 Å². The predicted octanol–water partition coefficient (Wildman–Crippen LogP) is 4.90. The van der Waals surface area contributed by atoms with Crippen LogP contribution in [0.5, 0.6) is 5.75 Å². The molecular formula is C27H23N5O6S. The number of nitrogens with zero attached hydrogens (tertiary/aromatic N) is 2. The molecule has 1 aliphatic heterocycles. The fraction of sp³-hybridized carbons (Fsp3) is 0.148. The van der Waals surface area contributed by atoms with E-state index in [9.17, 15) is 25.0 Å². The molecule has 1 atom stereocenters. The van der Waals surface area contributed by atoms with Crippen molar-refractivity contribution in [1.82, 2.24) is 5.32 Å². The molecular weight excluding hydrogens is 522 g/mol. The van der Waals surface area contributed by atoms with Gasteiger partial charge >= 0.3 is 0 Å². The number of furan rings is 1. The average Bonchev–Trinajstić information content (AvgIpc) is 3.46. The van der Waals surface area contributed by atoms with E-state index in [1.807, 2.05) is 0 Å². The van der Waals surface area contributed by atoms with E-state index in [0.717, 1.165) is 11.8 Å². The fourth-order valence-electron chi connectivity index (χ4n) is 4.01. The van der Waals surface area contributed by atoms with Crippen molar-refractivity contribution in [1.29, 1.82) is 5.26 Å². The topological polar surface area (TPSA) is 160 Å². The van der Waals surface area contributed by atoms with Gasteiger partial charge in [0.25, 0.3) is 11.6 Å². The number of methoxy groups -OCH3 is 1. The van der Waals surface area contributed by atoms with Gasteiger partial charge in [0.05, 0.1) is 57.9 Å². The van der Waals surface area contributed by atoms with Gasteiger partial charge in [0, 0.05) is 23.5 Å². The number of nitriles is 1. The van der Waals surface area contributed by atoms with Crippen LogP contribution in [0.25, 0.3) is 0 Å². The predicted molar refractivity (Wildman–Crippen MR) is 146 cm³/mol. The molecule has 0 unspecified atom stereocenters. The number of carbonyl (C=O) groups is 2. The second kappa shape index (κ2) is 12.0. The molecule has 0 radical (unpaired) electrons. The number of amides is 2. The van der Waals surface area contributed by atoms with Crippen LogP contribution in [0.15, 0.2) is 93.2 Å². The number of rotatable bonds is 9. The molecule has 0 spiro atoms. The van der Waals surface area contributed by atoms with E-state index in [4.69, 9.17) is 9.15 Å². The number of nitrogens with one attached hydrogen (secondary N) is 3. The van der Waals surface area contributed by atoms with Gasteiger partial charge in [-0.25, -0.2) is 0 Å². The summed E-state index contributed by atoms with van der Waals surface area (Å²) in [5, 5.41) is 30.0. The molecule has 3 N–H and O–H groups in total. The number of benzene rings is 2. The number of non-ortho nitro benzene ring substituents is 1. The summed E-state index contributed by atoms with van der Waals surface area (Å²) in [5.41, 5.74) is 1.77. The van der Waals surface area contributed by atoms with Gasteiger partial charge in [0.15, 0.2) is 0 Å². The summed E-state index contributed by atoms with van der Waals surface area (Å²) in [5.74, 6) is -0.832. The summed E-state index contributed by atoms with van der Waals surface area (Å²) in [6.07, 6.45) is 1.46. The molecule has 3 aromatic rings. The molecule has 2 aromatic carbocycles. The lowest BCUT2D eigenvalue weighted by Gasteiger charge is -2.28. The number of nitro benzene ring substituents is 1. The molecule has 1 aromatic heterocycles. The van der Waals surface area contributed by atoms with Crippen LogP contribution in [-0.2, 0) is 9.59 Å². The monoisotopic (exact) mass is 545 g/mol. The van der Waals surface area contributed by atoms with Gasteiger partial charge in [-0.1, -0.05) is 23.9 Å². The average molecular weight is 546 g/mol. The summed E-state index contributed by atoms with van der Waals surface area (Å²) >= 11 is 1.09. The normalized spacial score (nSPS) is 14.7. The molecule has 4 rings (SSSR count). The maximum atomic E-state index is 13.5. The van der Waals surface area contributed by atoms with Gasteiger partial charge in [-0.2, -0.15) is 5.26 Å². The Hall–Kier alpha value is -5.02. The third-order valence-corrected chi connectivity index (χ3v) is 6.80. The van der Waals surface area contributed by atoms with Crippen LogP contribution in [0.3, 0.4) is 0 Å². The van der Waals surface area contributed by atoms with Crippen LogP contribution in [0.1, 0.15) is 18.6 Å². The Labute approximate surface area is 227 Å². The highest BCUT2D eigenvalue weighted by Crippen LogP contribution is 2.41. The number of hydrogen-bond acceptors (Lipinski definition) is 9.